The highest BCUT2D eigenvalue weighted by Gasteiger charge is 2.27. The van der Waals surface area contributed by atoms with Gasteiger partial charge >= 0.3 is 6.09 Å². The molecule has 1 N–H and O–H groups in total. The Bertz CT molecular complexity index is 1170. The molecule has 1 saturated heterocycles. The molecule has 0 atom stereocenters. The van der Waals surface area contributed by atoms with E-state index in [1.54, 1.807) is 41.3 Å². The number of nitrogens with zero attached hydrogens (tertiary/aromatic N) is 1. The van der Waals surface area contributed by atoms with E-state index in [0.29, 0.717) is 29.6 Å². The summed E-state index contributed by atoms with van der Waals surface area (Å²) < 4.78 is 17.3. The van der Waals surface area contributed by atoms with Gasteiger partial charge in [0.1, 0.15) is 23.2 Å². The number of carbonyl (C=O) groups is 2. The highest BCUT2D eigenvalue weighted by atomic mass is 35.5. The summed E-state index contributed by atoms with van der Waals surface area (Å²) in [4.78, 5) is 26.4. The minimum Gasteiger partial charge on any atom is -0.490 e. The van der Waals surface area contributed by atoms with E-state index in [1.807, 2.05) is 45.0 Å². The number of rotatable bonds is 5. The van der Waals surface area contributed by atoms with Crippen molar-refractivity contribution in [1.29, 1.82) is 0 Å². The quantitative estimate of drug-likeness (QED) is 0.428. The van der Waals surface area contributed by atoms with E-state index in [4.69, 9.17) is 25.5 Å². The molecule has 1 fully saturated rings. The van der Waals surface area contributed by atoms with Crippen molar-refractivity contribution in [3.8, 4) is 17.1 Å². The molecular formula is C27H29ClN2O5. The minimum absolute atomic E-state index is 0.0323. The van der Waals surface area contributed by atoms with Gasteiger partial charge in [-0.1, -0.05) is 17.7 Å². The molecule has 0 bridgehead atoms. The topological polar surface area (TPSA) is 81.0 Å². The maximum Gasteiger partial charge on any atom is 0.410 e. The van der Waals surface area contributed by atoms with E-state index in [1.165, 1.54) is 0 Å². The van der Waals surface area contributed by atoms with Gasteiger partial charge in [0, 0.05) is 42.2 Å². The minimum atomic E-state index is -0.499. The van der Waals surface area contributed by atoms with Gasteiger partial charge in [-0.3, -0.25) is 4.79 Å². The summed E-state index contributed by atoms with van der Waals surface area (Å²) in [7, 11) is 0. The average molecular weight is 497 g/mol. The molecule has 2 amide bonds. The third kappa shape index (κ3) is 6.79. The first kappa shape index (κ1) is 24.7. The Labute approximate surface area is 210 Å². The maximum absolute atomic E-state index is 12.5. The zero-order valence-electron chi connectivity index (χ0n) is 20.0. The lowest BCUT2D eigenvalue weighted by Gasteiger charge is -2.33. The maximum atomic E-state index is 12.5. The number of ether oxygens (including phenoxy) is 2. The largest absolute Gasteiger partial charge is 0.490 e. The zero-order valence-corrected chi connectivity index (χ0v) is 20.8. The van der Waals surface area contributed by atoms with E-state index in [0.717, 1.165) is 24.2 Å². The third-order valence-electron chi connectivity index (χ3n) is 5.45. The smallest absolute Gasteiger partial charge is 0.410 e. The van der Waals surface area contributed by atoms with Crippen molar-refractivity contribution < 1.29 is 23.5 Å². The van der Waals surface area contributed by atoms with Crippen LogP contribution in [0.5, 0.6) is 5.75 Å². The molecule has 1 aliphatic rings. The van der Waals surface area contributed by atoms with Crippen molar-refractivity contribution in [1.82, 2.24) is 4.90 Å². The molecular weight excluding hydrogens is 468 g/mol. The van der Waals surface area contributed by atoms with Crippen LogP contribution in [0.4, 0.5) is 10.5 Å². The lowest BCUT2D eigenvalue weighted by atomic mass is 10.1. The van der Waals surface area contributed by atoms with Crippen LogP contribution in [0.1, 0.15) is 44.2 Å². The fraction of sp³-hybridized carbons (Fsp3) is 0.333. The number of hydrogen-bond donors (Lipinski definition) is 1. The lowest BCUT2D eigenvalue weighted by molar-refractivity contribution is 0.0126. The number of benzene rings is 2. The van der Waals surface area contributed by atoms with Gasteiger partial charge in [0.2, 0.25) is 0 Å². The van der Waals surface area contributed by atoms with E-state index >= 15 is 0 Å². The normalized spacial score (nSPS) is 14.5. The number of piperidine rings is 1. The van der Waals surface area contributed by atoms with Crippen LogP contribution in [0.3, 0.4) is 0 Å². The third-order valence-corrected chi connectivity index (χ3v) is 5.68. The first-order chi connectivity index (χ1) is 16.7. The second-order valence-corrected chi connectivity index (χ2v) is 9.87. The molecule has 184 valence electrons. The molecule has 1 aliphatic heterocycles. The van der Waals surface area contributed by atoms with Crippen molar-refractivity contribution in [3.63, 3.8) is 0 Å². The first-order valence-corrected chi connectivity index (χ1v) is 12.0. The van der Waals surface area contributed by atoms with E-state index in [9.17, 15) is 9.59 Å². The summed E-state index contributed by atoms with van der Waals surface area (Å²) in [5.74, 6) is 1.18. The lowest BCUT2D eigenvalue weighted by Crippen LogP contribution is -2.44. The molecule has 8 heteroatoms. The van der Waals surface area contributed by atoms with E-state index in [-0.39, 0.29) is 23.9 Å². The molecule has 7 nitrogen and oxygen atoms in total. The highest BCUT2D eigenvalue weighted by molar-refractivity contribution is 6.30. The number of hydrogen-bond acceptors (Lipinski definition) is 5. The summed E-state index contributed by atoms with van der Waals surface area (Å²) in [6.07, 6.45) is 1.23. The molecule has 35 heavy (non-hydrogen) atoms. The molecule has 1 aromatic heterocycles. The number of amides is 2. The van der Waals surface area contributed by atoms with Gasteiger partial charge in [0.15, 0.2) is 5.76 Å². The van der Waals surface area contributed by atoms with Gasteiger partial charge in [-0.05, 0) is 75.4 Å². The molecule has 3 aromatic rings. The molecule has 0 aliphatic carbocycles. The Morgan fingerprint density at radius 2 is 1.74 bits per heavy atom. The molecule has 2 heterocycles. The second kappa shape index (κ2) is 10.4. The number of furan rings is 1. The van der Waals surface area contributed by atoms with Crippen LogP contribution in [0.25, 0.3) is 11.3 Å². The fourth-order valence-electron chi connectivity index (χ4n) is 3.75. The number of carbonyl (C=O) groups excluding carboxylic acids is 2. The van der Waals surface area contributed by atoms with Crippen molar-refractivity contribution in [2.75, 3.05) is 18.4 Å². The van der Waals surface area contributed by atoms with Crippen molar-refractivity contribution >= 4 is 29.3 Å². The van der Waals surface area contributed by atoms with Crippen LogP contribution in [-0.2, 0) is 4.74 Å². The van der Waals surface area contributed by atoms with Crippen LogP contribution in [0.15, 0.2) is 65.1 Å². The van der Waals surface area contributed by atoms with Crippen molar-refractivity contribution in [2.24, 2.45) is 0 Å². The van der Waals surface area contributed by atoms with Gasteiger partial charge in [-0.2, -0.15) is 0 Å². The number of nitrogens with one attached hydrogen (secondary N) is 1. The Hall–Kier alpha value is -3.45. The molecule has 0 saturated carbocycles. The van der Waals surface area contributed by atoms with Gasteiger partial charge in [-0.25, -0.2) is 4.79 Å². The standard InChI is InChI=1S/C27H29ClN2O5/c1-27(2,3)35-26(32)30-15-13-22(14-16-30)33-21-9-7-18(8-10-21)23-11-12-24(34-23)25(31)29-20-6-4-5-19(28)17-20/h4-12,17,22H,13-16H2,1-3H3,(H,29,31). The van der Waals surface area contributed by atoms with Crippen molar-refractivity contribution in [3.05, 3.63) is 71.4 Å². The van der Waals surface area contributed by atoms with Crippen LogP contribution in [0.2, 0.25) is 5.02 Å². The Morgan fingerprint density at radius 1 is 1.03 bits per heavy atom. The van der Waals surface area contributed by atoms with Gasteiger partial charge < -0.3 is 24.1 Å². The van der Waals surface area contributed by atoms with E-state index < -0.39 is 5.60 Å². The number of anilines is 1. The first-order valence-electron chi connectivity index (χ1n) is 11.6. The van der Waals surface area contributed by atoms with Crippen LogP contribution in [0, 0.1) is 0 Å². The SMILES string of the molecule is CC(C)(C)OC(=O)N1CCC(Oc2ccc(-c3ccc(C(=O)Nc4cccc(Cl)c4)o3)cc2)CC1. The Kier molecular flexibility index (Phi) is 7.36. The Morgan fingerprint density at radius 3 is 2.40 bits per heavy atom. The van der Waals surface area contributed by atoms with E-state index in [2.05, 4.69) is 5.32 Å². The highest BCUT2D eigenvalue weighted by Crippen LogP contribution is 2.27. The van der Waals surface area contributed by atoms with Gasteiger partial charge in [0.25, 0.3) is 5.91 Å². The zero-order chi connectivity index (χ0) is 25.0. The summed E-state index contributed by atoms with van der Waals surface area (Å²) in [6.45, 7) is 6.80. The summed E-state index contributed by atoms with van der Waals surface area (Å²) in [6, 6.07) is 17.9. The summed E-state index contributed by atoms with van der Waals surface area (Å²) >= 11 is 5.97. The fourth-order valence-corrected chi connectivity index (χ4v) is 3.94. The average Bonchev–Trinajstić information content (AvgIpc) is 3.29. The van der Waals surface area contributed by atoms with Gasteiger partial charge in [0.05, 0.1) is 0 Å². The van der Waals surface area contributed by atoms with Gasteiger partial charge in [-0.15, -0.1) is 0 Å². The molecule has 0 unspecified atom stereocenters. The van der Waals surface area contributed by atoms with Crippen LogP contribution < -0.4 is 10.1 Å². The molecule has 0 spiro atoms. The molecule has 2 aromatic carbocycles. The van der Waals surface area contributed by atoms with Crippen molar-refractivity contribution in [2.45, 2.75) is 45.3 Å². The number of halogens is 1. The molecule has 0 radical (unpaired) electrons. The monoisotopic (exact) mass is 496 g/mol. The Balaban J connectivity index is 1.30. The second-order valence-electron chi connectivity index (χ2n) is 9.44. The molecule has 4 rings (SSSR count). The number of likely N-dealkylation sites (tertiary alicyclic amines) is 1. The predicted octanol–water partition coefficient (Wildman–Crippen LogP) is 6.63. The van der Waals surface area contributed by atoms with Crippen LogP contribution in [-0.4, -0.2) is 41.7 Å². The van der Waals surface area contributed by atoms with Crippen LogP contribution >= 0.6 is 11.6 Å². The summed E-state index contributed by atoms with van der Waals surface area (Å²) in [5.41, 5.74) is 0.929. The summed E-state index contributed by atoms with van der Waals surface area (Å²) in [5, 5.41) is 3.31. The predicted molar refractivity (Wildman–Crippen MR) is 135 cm³/mol.